The first-order valence-corrected chi connectivity index (χ1v) is 9.20. The fourth-order valence-corrected chi connectivity index (χ4v) is 3.22. The maximum Gasteiger partial charge on any atom is 0.266 e. The average Bonchev–Trinajstić information content (AvgIpc) is 2.99. The summed E-state index contributed by atoms with van der Waals surface area (Å²) in [6.45, 7) is 2.44. The highest BCUT2D eigenvalue weighted by molar-refractivity contribution is 6.34. The fourth-order valence-electron chi connectivity index (χ4n) is 3.22. The topological polar surface area (TPSA) is 75.7 Å². The van der Waals surface area contributed by atoms with Crippen LogP contribution in [0.15, 0.2) is 72.8 Å². The number of carbonyl (C=O) groups is 3. The Balaban J connectivity index is 1.54. The standard InChI is InChI=1S/C23H18N2O4/c1-2-29-18-12-10-15(11-13-18)21(26)24-16-6-5-7-17(14-16)25-22(27)19-8-3-4-9-20(19)23(25)28/h3-14H,2H2,1H3,(H,24,26). The highest BCUT2D eigenvalue weighted by atomic mass is 16.5. The summed E-state index contributed by atoms with van der Waals surface area (Å²) in [5.41, 5.74) is 2.11. The predicted octanol–water partition coefficient (Wildman–Crippen LogP) is 4.14. The van der Waals surface area contributed by atoms with Crippen molar-refractivity contribution in [1.29, 1.82) is 0 Å². The zero-order chi connectivity index (χ0) is 20.4. The van der Waals surface area contributed by atoms with Gasteiger partial charge in [0.15, 0.2) is 0 Å². The number of hydrogen-bond donors (Lipinski definition) is 1. The Bertz CT molecular complexity index is 1070. The summed E-state index contributed by atoms with van der Waals surface area (Å²) in [7, 11) is 0. The SMILES string of the molecule is CCOc1ccc(C(=O)Nc2cccc(N3C(=O)c4ccccc4C3=O)c2)cc1. The van der Waals surface area contributed by atoms with Gasteiger partial charge in [-0.3, -0.25) is 14.4 Å². The Morgan fingerprint density at radius 2 is 1.55 bits per heavy atom. The van der Waals surface area contributed by atoms with Crippen molar-refractivity contribution in [3.8, 4) is 5.75 Å². The van der Waals surface area contributed by atoms with E-state index in [1.165, 1.54) is 0 Å². The second kappa shape index (κ2) is 7.59. The molecule has 3 aromatic rings. The minimum absolute atomic E-state index is 0.299. The summed E-state index contributed by atoms with van der Waals surface area (Å²) >= 11 is 0. The van der Waals surface area contributed by atoms with Gasteiger partial charge in [0, 0.05) is 11.3 Å². The van der Waals surface area contributed by atoms with Crippen molar-refractivity contribution >= 4 is 29.1 Å². The van der Waals surface area contributed by atoms with Gasteiger partial charge in [-0.2, -0.15) is 0 Å². The van der Waals surface area contributed by atoms with Gasteiger partial charge in [-0.1, -0.05) is 18.2 Å². The lowest BCUT2D eigenvalue weighted by atomic mass is 10.1. The molecule has 0 aliphatic carbocycles. The number of hydrogen-bond acceptors (Lipinski definition) is 4. The van der Waals surface area contributed by atoms with Crippen LogP contribution in [0.2, 0.25) is 0 Å². The summed E-state index contributed by atoms with van der Waals surface area (Å²) < 4.78 is 5.38. The molecule has 1 N–H and O–H groups in total. The van der Waals surface area contributed by atoms with Gasteiger partial charge < -0.3 is 10.1 Å². The molecule has 0 saturated heterocycles. The Kier molecular flexibility index (Phi) is 4.83. The molecule has 0 unspecified atom stereocenters. The monoisotopic (exact) mass is 386 g/mol. The van der Waals surface area contributed by atoms with E-state index in [2.05, 4.69) is 5.32 Å². The third-order valence-corrected chi connectivity index (χ3v) is 4.58. The highest BCUT2D eigenvalue weighted by Crippen LogP contribution is 2.29. The normalized spacial score (nSPS) is 12.7. The molecule has 0 saturated carbocycles. The van der Waals surface area contributed by atoms with Gasteiger partial charge in [-0.05, 0) is 61.5 Å². The van der Waals surface area contributed by atoms with Crippen molar-refractivity contribution in [3.05, 3.63) is 89.5 Å². The first-order chi connectivity index (χ1) is 14.1. The van der Waals surface area contributed by atoms with Crippen LogP contribution in [-0.2, 0) is 0 Å². The second-order valence-electron chi connectivity index (χ2n) is 6.45. The summed E-state index contributed by atoms with van der Waals surface area (Å²) in [6.07, 6.45) is 0. The molecule has 6 nitrogen and oxygen atoms in total. The molecule has 0 fully saturated rings. The number of nitrogens with one attached hydrogen (secondary N) is 1. The number of fused-ring (bicyclic) bond motifs is 1. The van der Waals surface area contributed by atoms with Crippen molar-refractivity contribution in [2.75, 3.05) is 16.8 Å². The lowest BCUT2D eigenvalue weighted by Gasteiger charge is -2.15. The molecule has 0 bridgehead atoms. The number of imide groups is 1. The van der Waals surface area contributed by atoms with Crippen LogP contribution in [0, 0.1) is 0 Å². The molecule has 0 spiro atoms. The Labute approximate surface area is 167 Å². The highest BCUT2D eigenvalue weighted by Gasteiger charge is 2.36. The molecular formula is C23H18N2O4. The van der Waals surface area contributed by atoms with E-state index in [9.17, 15) is 14.4 Å². The van der Waals surface area contributed by atoms with Gasteiger partial charge in [0.05, 0.1) is 23.4 Å². The third kappa shape index (κ3) is 3.48. The number of carbonyl (C=O) groups excluding carboxylic acids is 3. The van der Waals surface area contributed by atoms with E-state index < -0.39 is 0 Å². The zero-order valence-corrected chi connectivity index (χ0v) is 15.7. The molecular weight excluding hydrogens is 368 g/mol. The molecule has 0 radical (unpaired) electrons. The third-order valence-electron chi connectivity index (χ3n) is 4.58. The van der Waals surface area contributed by atoms with Crippen LogP contribution in [-0.4, -0.2) is 24.3 Å². The maximum atomic E-state index is 12.7. The predicted molar refractivity (Wildman–Crippen MR) is 110 cm³/mol. The van der Waals surface area contributed by atoms with Crippen molar-refractivity contribution in [1.82, 2.24) is 0 Å². The van der Waals surface area contributed by atoms with Crippen molar-refractivity contribution in [2.24, 2.45) is 0 Å². The number of amides is 3. The minimum Gasteiger partial charge on any atom is -0.494 e. The number of benzene rings is 3. The fraction of sp³-hybridized carbons (Fsp3) is 0.0870. The molecule has 0 atom stereocenters. The summed E-state index contributed by atoms with van der Waals surface area (Å²) in [5.74, 6) is -0.356. The lowest BCUT2D eigenvalue weighted by Crippen LogP contribution is -2.29. The van der Waals surface area contributed by atoms with Crippen LogP contribution in [0.3, 0.4) is 0 Å². The van der Waals surface area contributed by atoms with E-state index in [0.717, 1.165) is 4.90 Å². The van der Waals surface area contributed by atoms with E-state index in [1.807, 2.05) is 6.92 Å². The average molecular weight is 386 g/mol. The molecule has 0 aromatic heterocycles. The van der Waals surface area contributed by atoms with Crippen LogP contribution in [0.4, 0.5) is 11.4 Å². The molecule has 1 aliphatic rings. The molecule has 3 aromatic carbocycles. The van der Waals surface area contributed by atoms with Crippen LogP contribution in [0.25, 0.3) is 0 Å². The van der Waals surface area contributed by atoms with E-state index >= 15 is 0 Å². The van der Waals surface area contributed by atoms with Gasteiger partial charge in [0.1, 0.15) is 5.75 Å². The summed E-state index contributed by atoms with van der Waals surface area (Å²) in [5, 5.41) is 2.80. The number of anilines is 2. The smallest absolute Gasteiger partial charge is 0.266 e. The van der Waals surface area contributed by atoms with Crippen LogP contribution in [0.1, 0.15) is 38.0 Å². The van der Waals surface area contributed by atoms with Crippen LogP contribution < -0.4 is 15.0 Å². The molecule has 3 amide bonds. The summed E-state index contributed by atoms with van der Waals surface area (Å²) in [6, 6.07) is 20.2. The van der Waals surface area contributed by atoms with Gasteiger partial charge in [0.25, 0.3) is 17.7 Å². The largest absolute Gasteiger partial charge is 0.494 e. The lowest BCUT2D eigenvalue weighted by molar-refractivity contribution is 0.0925. The Morgan fingerprint density at radius 3 is 2.17 bits per heavy atom. The minimum atomic E-state index is -0.374. The van der Waals surface area contributed by atoms with Crippen LogP contribution >= 0.6 is 0 Å². The zero-order valence-electron chi connectivity index (χ0n) is 15.7. The molecule has 29 heavy (non-hydrogen) atoms. The van der Waals surface area contributed by atoms with E-state index in [0.29, 0.717) is 40.4 Å². The number of ether oxygens (including phenoxy) is 1. The molecule has 1 aliphatic heterocycles. The van der Waals surface area contributed by atoms with Crippen molar-refractivity contribution < 1.29 is 19.1 Å². The van der Waals surface area contributed by atoms with E-state index in [-0.39, 0.29) is 17.7 Å². The van der Waals surface area contributed by atoms with Gasteiger partial charge in [-0.15, -0.1) is 0 Å². The first kappa shape index (κ1) is 18.4. The van der Waals surface area contributed by atoms with Crippen molar-refractivity contribution in [2.45, 2.75) is 6.92 Å². The van der Waals surface area contributed by atoms with E-state index in [4.69, 9.17) is 4.74 Å². The number of nitrogens with zero attached hydrogens (tertiary/aromatic N) is 1. The van der Waals surface area contributed by atoms with Gasteiger partial charge in [-0.25, -0.2) is 4.90 Å². The first-order valence-electron chi connectivity index (χ1n) is 9.20. The Hall–Kier alpha value is -3.93. The maximum absolute atomic E-state index is 12.7. The molecule has 144 valence electrons. The van der Waals surface area contributed by atoms with Crippen molar-refractivity contribution in [3.63, 3.8) is 0 Å². The van der Waals surface area contributed by atoms with E-state index in [1.54, 1.807) is 72.8 Å². The van der Waals surface area contributed by atoms with Gasteiger partial charge >= 0.3 is 0 Å². The summed E-state index contributed by atoms with van der Waals surface area (Å²) in [4.78, 5) is 39.0. The number of rotatable bonds is 5. The molecule has 1 heterocycles. The second-order valence-corrected chi connectivity index (χ2v) is 6.45. The van der Waals surface area contributed by atoms with Gasteiger partial charge in [0.2, 0.25) is 0 Å². The molecule has 6 heteroatoms. The molecule has 4 rings (SSSR count). The Morgan fingerprint density at radius 1 is 0.897 bits per heavy atom. The van der Waals surface area contributed by atoms with Crippen LogP contribution in [0.5, 0.6) is 5.75 Å². The quantitative estimate of drug-likeness (QED) is 0.669.